The van der Waals surface area contributed by atoms with Crippen LogP contribution in [0.25, 0.3) is 6.08 Å². The lowest BCUT2D eigenvalue weighted by molar-refractivity contribution is -0.113. The van der Waals surface area contributed by atoms with Crippen LogP contribution in [0.4, 0.5) is 5.69 Å². The molecule has 0 aliphatic carbocycles. The molecular formula is C30H31N3O5S. The Labute approximate surface area is 232 Å². The fourth-order valence-corrected chi connectivity index (χ4v) is 5.43. The number of nitrogens with zero attached hydrogens (tertiary/aromatic N) is 2. The van der Waals surface area contributed by atoms with Gasteiger partial charge in [0.15, 0.2) is 11.0 Å². The van der Waals surface area contributed by atoms with Crippen molar-refractivity contribution < 1.29 is 23.9 Å². The third-order valence-electron chi connectivity index (χ3n) is 6.18. The van der Waals surface area contributed by atoms with Gasteiger partial charge in [0.05, 0.1) is 36.3 Å². The van der Waals surface area contributed by atoms with Gasteiger partial charge in [-0.05, 0) is 81.7 Å². The summed E-state index contributed by atoms with van der Waals surface area (Å²) >= 11 is 1.16. The molecule has 2 heterocycles. The van der Waals surface area contributed by atoms with Crippen molar-refractivity contribution in [2.24, 2.45) is 4.99 Å². The molecule has 0 fully saturated rings. The molecular weight excluding hydrogens is 514 g/mol. The number of aliphatic imine (C=N–C) groups is 1. The highest BCUT2D eigenvalue weighted by Gasteiger charge is 2.33. The van der Waals surface area contributed by atoms with Crippen LogP contribution in [0, 0.1) is 27.7 Å². The topological polar surface area (TPSA) is 101 Å². The van der Waals surface area contributed by atoms with E-state index < -0.39 is 5.97 Å². The molecule has 0 unspecified atom stereocenters. The van der Waals surface area contributed by atoms with Crippen molar-refractivity contribution in [3.63, 3.8) is 0 Å². The molecule has 1 amide bonds. The van der Waals surface area contributed by atoms with Crippen LogP contribution >= 0.6 is 11.8 Å². The van der Waals surface area contributed by atoms with Gasteiger partial charge >= 0.3 is 5.97 Å². The predicted octanol–water partition coefficient (Wildman–Crippen LogP) is 5.79. The molecule has 39 heavy (non-hydrogen) atoms. The Bertz CT molecular complexity index is 1480. The summed E-state index contributed by atoms with van der Waals surface area (Å²) in [5.41, 5.74) is 5.46. The number of anilines is 1. The number of aromatic nitrogens is 1. The molecule has 202 valence electrons. The number of carbonyl (C=O) groups is 3. The maximum atomic E-state index is 13.6. The number of ether oxygens (including phenoxy) is 2. The standard InChI is InChI=1S/C30H31N3O5S/c1-7-38-29(36)27-20(5)31-19(4)26(27)25(34)16-39-30-32-24(15-21-8-10-23(37-6)11-9-21)28(35)33(30)22-13-17(2)12-18(3)14-22/h8-15,31H,7,16H2,1-6H3. The largest absolute Gasteiger partial charge is 0.497 e. The number of rotatable bonds is 8. The van der Waals surface area contributed by atoms with Crippen molar-refractivity contribution >= 4 is 46.4 Å². The van der Waals surface area contributed by atoms with Gasteiger partial charge in [-0.15, -0.1) is 0 Å². The first-order chi connectivity index (χ1) is 18.6. The predicted molar refractivity (Wildman–Crippen MR) is 155 cm³/mol. The van der Waals surface area contributed by atoms with Crippen LogP contribution in [-0.2, 0) is 9.53 Å². The van der Waals surface area contributed by atoms with Gasteiger partial charge in [-0.25, -0.2) is 9.79 Å². The second-order valence-corrected chi connectivity index (χ2v) is 10.2. The van der Waals surface area contributed by atoms with Crippen molar-refractivity contribution in [1.29, 1.82) is 0 Å². The van der Waals surface area contributed by atoms with Crippen molar-refractivity contribution in [3.8, 4) is 5.75 Å². The first kappa shape index (κ1) is 27.9. The number of Topliss-reactive ketones (excluding diaryl/α,β-unsaturated/α-hetero) is 1. The average Bonchev–Trinajstić information content (AvgIpc) is 3.36. The molecule has 8 nitrogen and oxygen atoms in total. The molecule has 0 saturated carbocycles. The zero-order chi connectivity index (χ0) is 28.3. The van der Waals surface area contributed by atoms with Crippen molar-refractivity contribution in [2.45, 2.75) is 34.6 Å². The number of amidine groups is 1. The molecule has 1 aliphatic rings. The Morgan fingerprint density at radius 1 is 1.00 bits per heavy atom. The average molecular weight is 546 g/mol. The number of benzene rings is 2. The van der Waals surface area contributed by atoms with E-state index in [1.54, 1.807) is 34.0 Å². The number of esters is 1. The van der Waals surface area contributed by atoms with Crippen molar-refractivity contribution in [1.82, 2.24) is 4.98 Å². The maximum absolute atomic E-state index is 13.6. The number of methoxy groups -OCH3 is 1. The third kappa shape index (κ3) is 5.98. The number of nitrogens with one attached hydrogen (secondary N) is 1. The number of hydrogen-bond donors (Lipinski definition) is 1. The normalized spacial score (nSPS) is 14.1. The molecule has 4 rings (SSSR count). The van der Waals surface area contributed by atoms with Crippen LogP contribution in [-0.4, -0.2) is 47.3 Å². The quantitative estimate of drug-likeness (QED) is 0.218. The van der Waals surface area contributed by atoms with Gasteiger partial charge in [0.25, 0.3) is 5.91 Å². The summed E-state index contributed by atoms with van der Waals surface area (Å²) in [4.78, 5) is 48.8. The number of aromatic amines is 1. The van der Waals surface area contributed by atoms with Crippen LogP contribution in [0.2, 0.25) is 0 Å². The Morgan fingerprint density at radius 3 is 2.26 bits per heavy atom. The minimum atomic E-state index is -0.539. The number of aryl methyl sites for hydroxylation is 4. The van der Waals surface area contributed by atoms with Crippen LogP contribution in [0.15, 0.2) is 53.2 Å². The lowest BCUT2D eigenvalue weighted by atomic mass is 10.1. The SMILES string of the molecule is CCOC(=O)c1c(C)[nH]c(C)c1C(=O)CSC1=NC(=Cc2ccc(OC)cc2)C(=O)N1c1cc(C)cc(C)c1. The molecule has 0 radical (unpaired) electrons. The van der Waals surface area contributed by atoms with Crippen molar-refractivity contribution in [3.05, 3.63) is 87.4 Å². The highest BCUT2D eigenvalue weighted by molar-refractivity contribution is 8.14. The fraction of sp³-hybridized carbons (Fsp3) is 0.267. The van der Waals surface area contributed by atoms with Crippen LogP contribution < -0.4 is 9.64 Å². The molecule has 0 spiro atoms. The van der Waals surface area contributed by atoms with E-state index in [0.717, 1.165) is 28.5 Å². The number of thioether (sulfide) groups is 1. The highest BCUT2D eigenvalue weighted by atomic mass is 32.2. The van der Waals surface area contributed by atoms with Crippen LogP contribution in [0.1, 0.15) is 55.7 Å². The van der Waals surface area contributed by atoms with E-state index in [1.807, 2.05) is 56.3 Å². The molecule has 2 aromatic carbocycles. The van der Waals surface area contributed by atoms with Gasteiger partial charge in [0, 0.05) is 11.4 Å². The molecule has 1 N–H and O–H groups in total. The molecule has 1 aromatic heterocycles. The number of amides is 1. The second kappa shape index (κ2) is 11.7. The first-order valence-corrected chi connectivity index (χ1v) is 13.5. The van der Waals surface area contributed by atoms with Gasteiger partial charge in [0.1, 0.15) is 11.4 Å². The van der Waals surface area contributed by atoms with Crippen molar-refractivity contribution in [2.75, 3.05) is 24.4 Å². The molecule has 9 heteroatoms. The Kier molecular flexibility index (Phi) is 8.40. The molecule has 0 saturated heterocycles. The third-order valence-corrected chi connectivity index (χ3v) is 7.12. The minimum Gasteiger partial charge on any atom is -0.497 e. The molecule has 1 aliphatic heterocycles. The molecule has 3 aromatic rings. The Hall–Kier alpha value is -4.11. The Balaban J connectivity index is 1.67. The Morgan fingerprint density at radius 2 is 1.64 bits per heavy atom. The lowest BCUT2D eigenvalue weighted by Crippen LogP contribution is -2.31. The minimum absolute atomic E-state index is 0.0201. The van der Waals surface area contributed by atoms with E-state index in [0.29, 0.717) is 33.6 Å². The van der Waals surface area contributed by atoms with Gasteiger partial charge < -0.3 is 14.5 Å². The number of H-pyrrole nitrogens is 1. The van der Waals surface area contributed by atoms with Crippen LogP contribution in [0.5, 0.6) is 5.75 Å². The smallest absolute Gasteiger partial charge is 0.340 e. The van der Waals surface area contributed by atoms with E-state index in [-0.39, 0.29) is 35.3 Å². The summed E-state index contributed by atoms with van der Waals surface area (Å²) in [5, 5.41) is 0.390. The molecule has 0 bridgehead atoms. The van der Waals surface area contributed by atoms with Gasteiger partial charge in [-0.3, -0.25) is 14.5 Å². The second-order valence-electron chi connectivity index (χ2n) is 9.24. The number of carbonyl (C=O) groups excluding carboxylic acids is 3. The summed E-state index contributed by atoms with van der Waals surface area (Å²) < 4.78 is 10.4. The summed E-state index contributed by atoms with van der Waals surface area (Å²) in [6.45, 7) is 9.35. The van der Waals surface area contributed by atoms with E-state index in [4.69, 9.17) is 9.47 Å². The molecule has 0 atom stereocenters. The zero-order valence-corrected chi connectivity index (χ0v) is 23.7. The van der Waals surface area contributed by atoms with E-state index in [9.17, 15) is 14.4 Å². The lowest BCUT2D eigenvalue weighted by Gasteiger charge is -2.19. The van der Waals surface area contributed by atoms with E-state index in [2.05, 4.69) is 9.98 Å². The van der Waals surface area contributed by atoms with Gasteiger partial charge in [-0.2, -0.15) is 0 Å². The van der Waals surface area contributed by atoms with E-state index >= 15 is 0 Å². The first-order valence-electron chi connectivity index (χ1n) is 12.5. The van der Waals surface area contributed by atoms with Gasteiger partial charge in [-0.1, -0.05) is 30.0 Å². The van der Waals surface area contributed by atoms with E-state index in [1.165, 1.54) is 4.90 Å². The van der Waals surface area contributed by atoms with Gasteiger partial charge in [0.2, 0.25) is 0 Å². The summed E-state index contributed by atoms with van der Waals surface area (Å²) in [6.07, 6.45) is 1.71. The maximum Gasteiger partial charge on any atom is 0.340 e. The number of ketones is 1. The summed E-state index contributed by atoms with van der Waals surface area (Å²) in [5.74, 6) is -0.391. The van der Waals surface area contributed by atoms with Crippen LogP contribution in [0.3, 0.4) is 0 Å². The number of hydrogen-bond acceptors (Lipinski definition) is 7. The monoisotopic (exact) mass is 545 g/mol. The zero-order valence-electron chi connectivity index (χ0n) is 22.9. The summed E-state index contributed by atoms with van der Waals surface area (Å²) in [7, 11) is 1.59. The fourth-order valence-electron chi connectivity index (χ4n) is 4.55. The summed E-state index contributed by atoms with van der Waals surface area (Å²) in [6, 6.07) is 13.2. The highest BCUT2D eigenvalue weighted by Crippen LogP contribution is 2.32.